The van der Waals surface area contributed by atoms with Crippen molar-refractivity contribution in [3.8, 4) is 0 Å². The molecule has 4 aliphatic carbocycles. The Labute approximate surface area is 152 Å². The van der Waals surface area contributed by atoms with Crippen molar-refractivity contribution in [3.63, 3.8) is 0 Å². The Morgan fingerprint density at radius 1 is 1.16 bits per heavy atom. The molecule has 7 atom stereocenters. The maximum absolute atomic E-state index is 12.5. The minimum Gasteiger partial charge on any atom is -0.300 e. The maximum Gasteiger partial charge on any atom is 0.155 e. The number of rotatable bonds is 2. The quantitative estimate of drug-likeness (QED) is 0.677. The molecule has 0 spiro atoms. The first-order chi connectivity index (χ1) is 11.8. The number of fused-ring (bicyclic) bond motifs is 5. The Hall–Kier alpha value is -0.920. The lowest BCUT2D eigenvalue weighted by Gasteiger charge is -2.58. The lowest BCUT2D eigenvalue weighted by Crippen LogP contribution is -2.51. The average Bonchev–Trinajstić information content (AvgIpc) is 2.88. The van der Waals surface area contributed by atoms with Crippen LogP contribution in [-0.4, -0.2) is 11.6 Å². The van der Waals surface area contributed by atoms with Gasteiger partial charge in [-0.25, -0.2) is 0 Å². The van der Waals surface area contributed by atoms with Crippen LogP contribution in [0.1, 0.15) is 79.1 Å². The molecule has 2 nitrogen and oxygen atoms in total. The van der Waals surface area contributed by atoms with E-state index < -0.39 is 0 Å². The van der Waals surface area contributed by atoms with Gasteiger partial charge in [-0.15, -0.1) is 0 Å². The van der Waals surface area contributed by atoms with Gasteiger partial charge < -0.3 is 0 Å². The zero-order chi connectivity index (χ0) is 18.0. The second-order valence-electron chi connectivity index (χ2n) is 10.0. The van der Waals surface area contributed by atoms with Gasteiger partial charge >= 0.3 is 0 Å². The van der Waals surface area contributed by atoms with Crippen LogP contribution in [0.25, 0.3) is 0 Å². The third-order valence-corrected chi connectivity index (χ3v) is 9.10. The van der Waals surface area contributed by atoms with Crippen molar-refractivity contribution in [3.05, 3.63) is 11.6 Å². The third-order valence-electron chi connectivity index (χ3n) is 9.10. The molecule has 0 N–H and O–H groups in total. The number of Topliss-reactive ketones (excluding diaryl/α,β-unsaturated/α-hetero) is 1. The van der Waals surface area contributed by atoms with Crippen LogP contribution in [0.15, 0.2) is 11.6 Å². The van der Waals surface area contributed by atoms with E-state index >= 15 is 0 Å². The van der Waals surface area contributed by atoms with E-state index in [4.69, 9.17) is 0 Å². The van der Waals surface area contributed by atoms with Gasteiger partial charge in [-0.05, 0) is 86.0 Å². The summed E-state index contributed by atoms with van der Waals surface area (Å²) in [5.74, 6) is 3.83. The zero-order valence-electron chi connectivity index (χ0n) is 16.4. The monoisotopic (exact) mass is 342 g/mol. The summed E-state index contributed by atoms with van der Waals surface area (Å²) in [6, 6.07) is 0. The highest BCUT2D eigenvalue weighted by Crippen LogP contribution is 2.68. The molecule has 0 aromatic carbocycles. The topological polar surface area (TPSA) is 34.1 Å². The van der Waals surface area contributed by atoms with Crippen molar-refractivity contribution in [2.75, 3.05) is 0 Å². The molecule has 0 heterocycles. The van der Waals surface area contributed by atoms with Crippen LogP contribution in [0.3, 0.4) is 0 Å². The summed E-state index contributed by atoms with van der Waals surface area (Å²) >= 11 is 0. The Kier molecular flexibility index (Phi) is 4.05. The molecule has 0 saturated heterocycles. The molecule has 4 aliphatic rings. The third kappa shape index (κ3) is 2.35. The summed E-state index contributed by atoms with van der Waals surface area (Å²) in [5, 5.41) is 0. The SMILES string of the molecule is CC[C@@H]1C[C@@H]2[C@@H]3CCC4=CC(=O)CC[C@]4(C)[C@@H]3CC[C@]2(C)[C@H]1C(C)=O. The summed E-state index contributed by atoms with van der Waals surface area (Å²) in [5.41, 5.74) is 1.91. The van der Waals surface area contributed by atoms with E-state index in [2.05, 4.69) is 20.8 Å². The minimum atomic E-state index is 0.218. The molecule has 3 saturated carbocycles. The Bertz CT molecular complexity index is 632. The number of carbonyl (C=O) groups is 2. The molecule has 0 amide bonds. The molecule has 2 heteroatoms. The van der Waals surface area contributed by atoms with Crippen LogP contribution in [0, 0.1) is 40.4 Å². The summed E-state index contributed by atoms with van der Waals surface area (Å²) in [7, 11) is 0. The van der Waals surface area contributed by atoms with Crippen LogP contribution in [0.2, 0.25) is 0 Å². The van der Waals surface area contributed by atoms with Crippen LogP contribution < -0.4 is 0 Å². The van der Waals surface area contributed by atoms with Gasteiger partial charge in [-0.3, -0.25) is 9.59 Å². The van der Waals surface area contributed by atoms with E-state index in [1.165, 1.54) is 31.3 Å². The predicted octanol–water partition coefficient (Wildman–Crippen LogP) is 5.36. The highest BCUT2D eigenvalue weighted by atomic mass is 16.1. The van der Waals surface area contributed by atoms with Gasteiger partial charge in [0.25, 0.3) is 0 Å². The smallest absolute Gasteiger partial charge is 0.155 e. The summed E-state index contributed by atoms with van der Waals surface area (Å²) < 4.78 is 0. The molecule has 0 unspecified atom stereocenters. The van der Waals surface area contributed by atoms with E-state index in [9.17, 15) is 9.59 Å². The molecular formula is C23H34O2. The first-order valence-electron chi connectivity index (χ1n) is 10.6. The first kappa shape index (κ1) is 17.5. The largest absolute Gasteiger partial charge is 0.300 e. The molecule has 0 aromatic rings. The molecule has 138 valence electrons. The van der Waals surface area contributed by atoms with Crippen molar-refractivity contribution >= 4 is 11.6 Å². The van der Waals surface area contributed by atoms with Crippen LogP contribution in [0.4, 0.5) is 0 Å². The van der Waals surface area contributed by atoms with Crippen molar-refractivity contribution < 1.29 is 9.59 Å². The number of hydrogen-bond donors (Lipinski definition) is 0. The molecule has 0 bridgehead atoms. The van der Waals surface area contributed by atoms with E-state index in [0.717, 1.165) is 37.5 Å². The Balaban J connectivity index is 1.69. The molecule has 0 radical (unpaired) electrons. The highest BCUT2D eigenvalue weighted by Gasteiger charge is 2.61. The summed E-state index contributed by atoms with van der Waals surface area (Å²) in [4.78, 5) is 24.5. The lowest BCUT2D eigenvalue weighted by atomic mass is 9.46. The standard InChI is InChI=1S/C23H34O2/c1-5-15-12-20-18-7-6-16-13-17(25)8-10-22(16,3)19(18)9-11-23(20,4)21(15)14(2)24/h13,15,18-21H,5-12H2,1-4H3/t15-,18-,19-,20-,21+,22+,23+/m1/s1. The number of allylic oxidation sites excluding steroid dienone is 1. The van der Waals surface area contributed by atoms with Gasteiger partial charge in [-0.1, -0.05) is 32.8 Å². The number of ketones is 2. The fraction of sp³-hybridized carbons (Fsp3) is 0.826. The second kappa shape index (κ2) is 5.79. The first-order valence-corrected chi connectivity index (χ1v) is 10.6. The fourth-order valence-electron chi connectivity index (χ4n) is 7.94. The van der Waals surface area contributed by atoms with E-state index in [1.54, 1.807) is 0 Å². The number of carbonyl (C=O) groups excluding carboxylic acids is 2. The summed E-state index contributed by atoms with van der Waals surface area (Å²) in [6.07, 6.45) is 11.0. The van der Waals surface area contributed by atoms with Crippen molar-refractivity contribution in [2.45, 2.75) is 79.1 Å². The van der Waals surface area contributed by atoms with Gasteiger partial charge in [0, 0.05) is 12.3 Å². The second-order valence-corrected chi connectivity index (χ2v) is 10.0. The van der Waals surface area contributed by atoms with E-state index in [1.807, 2.05) is 13.0 Å². The molecule has 3 fully saturated rings. The average molecular weight is 343 g/mol. The van der Waals surface area contributed by atoms with Gasteiger partial charge in [0.1, 0.15) is 5.78 Å². The molecule has 25 heavy (non-hydrogen) atoms. The highest BCUT2D eigenvalue weighted by molar-refractivity contribution is 5.91. The summed E-state index contributed by atoms with van der Waals surface area (Å²) in [6.45, 7) is 8.99. The normalized spacial score (nSPS) is 49.0. The predicted molar refractivity (Wildman–Crippen MR) is 100 cm³/mol. The van der Waals surface area contributed by atoms with Crippen LogP contribution in [-0.2, 0) is 9.59 Å². The fourth-order valence-corrected chi connectivity index (χ4v) is 7.94. The van der Waals surface area contributed by atoms with Gasteiger partial charge in [-0.2, -0.15) is 0 Å². The van der Waals surface area contributed by atoms with Gasteiger partial charge in [0.2, 0.25) is 0 Å². The molecular weight excluding hydrogens is 308 g/mol. The van der Waals surface area contributed by atoms with E-state index in [-0.39, 0.29) is 16.7 Å². The zero-order valence-corrected chi connectivity index (χ0v) is 16.4. The minimum absolute atomic E-state index is 0.218. The molecule has 0 aromatic heterocycles. The lowest BCUT2D eigenvalue weighted by molar-refractivity contribution is -0.130. The van der Waals surface area contributed by atoms with E-state index in [0.29, 0.717) is 23.4 Å². The molecule has 0 aliphatic heterocycles. The maximum atomic E-state index is 12.5. The van der Waals surface area contributed by atoms with Crippen LogP contribution >= 0.6 is 0 Å². The number of hydrogen-bond acceptors (Lipinski definition) is 2. The Morgan fingerprint density at radius 3 is 2.60 bits per heavy atom. The van der Waals surface area contributed by atoms with Crippen molar-refractivity contribution in [1.82, 2.24) is 0 Å². The van der Waals surface area contributed by atoms with Crippen LogP contribution in [0.5, 0.6) is 0 Å². The van der Waals surface area contributed by atoms with Crippen molar-refractivity contribution in [1.29, 1.82) is 0 Å². The Morgan fingerprint density at radius 2 is 1.92 bits per heavy atom. The van der Waals surface area contributed by atoms with Crippen molar-refractivity contribution in [2.24, 2.45) is 40.4 Å². The van der Waals surface area contributed by atoms with Gasteiger partial charge in [0.15, 0.2) is 5.78 Å². The van der Waals surface area contributed by atoms with Gasteiger partial charge in [0.05, 0.1) is 0 Å². The molecule has 4 rings (SSSR count).